The third-order valence-corrected chi connectivity index (χ3v) is 6.28. The van der Waals surface area contributed by atoms with Crippen LogP contribution in [0.15, 0.2) is 36.5 Å². The Labute approximate surface area is 130 Å². The predicted octanol–water partition coefficient (Wildman–Crippen LogP) is 1.93. The van der Waals surface area contributed by atoms with Gasteiger partial charge >= 0.3 is 0 Å². The minimum Gasteiger partial charge on any atom is -0.247 e. The molecule has 1 fully saturated rings. The second-order valence-electron chi connectivity index (χ2n) is 5.84. The predicted molar refractivity (Wildman–Crippen MR) is 84.7 cm³/mol. The van der Waals surface area contributed by atoms with Crippen molar-refractivity contribution in [3.8, 4) is 11.3 Å². The van der Waals surface area contributed by atoms with E-state index in [1.807, 2.05) is 36.5 Å². The second-order valence-corrected chi connectivity index (χ2v) is 8.33. The average molecular weight is 320 g/mol. The van der Waals surface area contributed by atoms with E-state index in [9.17, 15) is 8.42 Å². The zero-order valence-electron chi connectivity index (χ0n) is 12.8. The normalized spacial score (nSPS) is 19.9. The lowest BCUT2D eigenvalue weighted by atomic mass is 10.2. The summed E-state index contributed by atoms with van der Waals surface area (Å²) >= 11 is 0. The number of nitrogens with zero attached hydrogens (tertiary/aromatic N) is 4. The molecule has 1 aromatic carbocycles. The van der Waals surface area contributed by atoms with E-state index in [-0.39, 0.29) is 11.3 Å². The van der Waals surface area contributed by atoms with Crippen molar-refractivity contribution < 1.29 is 8.42 Å². The molecule has 118 valence electrons. The Morgan fingerprint density at radius 1 is 1.23 bits per heavy atom. The van der Waals surface area contributed by atoms with Crippen LogP contribution < -0.4 is 0 Å². The van der Waals surface area contributed by atoms with Crippen LogP contribution in [0.25, 0.3) is 11.3 Å². The van der Waals surface area contributed by atoms with Gasteiger partial charge in [0.05, 0.1) is 17.5 Å². The maximum Gasteiger partial charge on any atom is 0.216 e. The molecule has 1 saturated heterocycles. The highest BCUT2D eigenvalue weighted by atomic mass is 32.2. The zero-order chi connectivity index (χ0) is 15.7. The molecule has 1 unspecified atom stereocenters. The summed E-state index contributed by atoms with van der Waals surface area (Å²) in [6, 6.07) is 9.90. The van der Waals surface area contributed by atoms with Crippen LogP contribution in [0.4, 0.5) is 0 Å². The maximum absolute atomic E-state index is 12.2. The maximum atomic E-state index is 12.2. The van der Waals surface area contributed by atoms with Crippen LogP contribution >= 0.6 is 0 Å². The molecule has 22 heavy (non-hydrogen) atoms. The van der Waals surface area contributed by atoms with Crippen molar-refractivity contribution in [3.63, 3.8) is 0 Å². The third kappa shape index (κ3) is 2.78. The number of hydrogen-bond donors (Lipinski definition) is 0. The molecule has 1 aliphatic heterocycles. The number of rotatable bonds is 4. The molecule has 2 aromatic rings. The molecule has 2 heterocycles. The van der Waals surface area contributed by atoms with Crippen molar-refractivity contribution in [2.75, 3.05) is 13.1 Å². The van der Waals surface area contributed by atoms with Crippen LogP contribution in [0.2, 0.25) is 0 Å². The lowest BCUT2D eigenvalue weighted by molar-refractivity contribution is 0.425. The highest BCUT2D eigenvalue weighted by Crippen LogP contribution is 2.26. The van der Waals surface area contributed by atoms with Gasteiger partial charge in [-0.05, 0) is 20.3 Å². The summed E-state index contributed by atoms with van der Waals surface area (Å²) < 4.78 is 27.8. The van der Waals surface area contributed by atoms with Gasteiger partial charge in [0, 0.05) is 18.7 Å². The standard InChI is InChI=1S/C15H20N4O2S/c1-12(2)22(20,21)18-9-8-14(10-18)19-11-15(16-17-19)13-6-4-3-5-7-13/h3-7,11-12,14H,8-10H2,1-2H3. The summed E-state index contributed by atoms with van der Waals surface area (Å²) in [7, 11) is -3.19. The molecule has 0 bridgehead atoms. The molecule has 1 aromatic heterocycles. The molecule has 0 amide bonds. The summed E-state index contributed by atoms with van der Waals surface area (Å²) in [4.78, 5) is 0. The van der Waals surface area contributed by atoms with Crippen LogP contribution in [0.5, 0.6) is 0 Å². The lowest BCUT2D eigenvalue weighted by Gasteiger charge is -2.18. The van der Waals surface area contributed by atoms with E-state index in [0.29, 0.717) is 13.1 Å². The Bertz CT molecular complexity index is 740. The van der Waals surface area contributed by atoms with Gasteiger partial charge in [-0.15, -0.1) is 5.10 Å². The molecular formula is C15H20N4O2S. The quantitative estimate of drug-likeness (QED) is 0.863. The number of benzene rings is 1. The van der Waals surface area contributed by atoms with Gasteiger partial charge in [0.1, 0.15) is 5.69 Å². The number of hydrogen-bond acceptors (Lipinski definition) is 4. The summed E-state index contributed by atoms with van der Waals surface area (Å²) in [5.41, 5.74) is 1.82. The second kappa shape index (κ2) is 5.81. The molecule has 3 rings (SSSR count). The van der Waals surface area contributed by atoms with Crippen LogP contribution in [0, 0.1) is 0 Å². The average Bonchev–Trinajstić information content (AvgIpc) is 3.17. The first-order valence-corrected chi connectivity index (χ1v) is 8.95. The van der Waals surface area contributed by atoms with Crippen molar-refractivity contribution in [2.45, 2.75) is 31.6 Å². The van der Waals surface area contributed by atoms with E-state index in [4.69, 9.17) is 0 Å². The molecule has 1 aliphatic rings. The molecule has 7 heteroatoms. The van der Waals surface area contributed by atoms with Gasteiger partial charge in [0.2, 0.25) is 10.0 Å². The Balaban J connectivity index is 1.76. The van der Waals surface area contributed by atoms with Gasteiger partial charge in [-0.25, -0.2) is 13.1 Å². The van der Waals surface area contributed by atoms with Gasteiger partial charge in [0.15, 0.2) is 0 Å². The van der Waals surface area contributed by atoms with Crippen LogP contribution in [0.1, 0.15) is 26.3 Å². The first-order chi connectivity index (χ1) is 10.5. The molecule has 0 aliphatic carbocycles. The fraction of sp³-hybridized carbons (Fsp3) is 0.467. The fourth-order valence-electron chi connectivity index (χ4n) is 2.65. The van der Waals surface area contributed by atoms with Crippen LogP contribution in [-0.4, -0.2) is 46.1 Å². The van der Waals surface area contributed by atoms with E-state index in [1.165, 1.54) is 0 Å². The van der Waals surface area contributed by atoms with E-state index >= 15 is 0 Å². The number of aromatic nitrogens is 3. The Kier molecular flexibility index (Phi) is 4.01. The van der Waals surface area contributed by atoms with Gasteiger partial charge in [-0.3, -0.25) is 0 Å². The molecule has 0 N–H and O–H groups in total. The van der Waals surface area contributed by atoms with E-state index in [2.05, 4.69) is 10.3 Å². The largest absolute Gasteiger partial charge is 0.247 e. The van der Waals surface area contributed by atoms with Crippen molar-refractivity contribution in [1.29, 1.82) is 0 Å². The van der Waals surface area contributed by atoms with E-state index in [1.54, 1.807) is 22.8 Å². The summed E-state index contributed by atoms with van der Waals surface area (Å²) in [5, 5.41) is 7.99. The molecular weight excluding hydrogens is 300 g/mol. The smallest absolute Gasteiger partial charge is 0.216 e. The van der Waals surface area contributed by atoms with Crippen LogP contribution in [-0.2, 0) is 10.0 Å². The Hall–Kier alpha value is -1.73. The molecule has 0 saturated carbocycles. The van der Waals surface area contributed by atoms with Crippen molar-refractivity contribution in [1.82, 2.24) is 19.3 Å². The molecule has 6 nitrogen and oxygen atoms in total. The lowest BCUT2D eigenvalue weighted by Crippen LogP contribution is -2.34. The highest BCUT2D eigenvalue weighted by Gasteiger charge is 2.34. The third-order valence-electron chi connectivity index (χ3n) is 4.04. The van der Waals surface area contributed by atoms with Gasteiger partial charge in [0.25, 0.3) is 0 Å². The fourth-order valence-corrected chi connectivity index (χ4v) is 3.99. The molecule has 1 atom stereocenters. The zero-order valence-corrected chi connectivity index (χ0v) is 13.6. The summed E-state index contributed by atoms with van der Waals surface area (Å²) in [6.07, 6.45) is 2.66. The minimum atomic E-state index is -3.19. The van der Waals surface area contributed by atoms with Gasteiger partial charge in [-0.1, -0.05) is 35.5 Å². The van der Waals surface area contributed by atoms with E-state index in [0.717, 1.165) is 17.7 Å². The van der Waals surface area contributed by atoms with E-state index < -0.39 is 10.0 Å². The van der Waals surface area contributed by atoms with Crippen molar-refractivity contribution in [3.05, 3.63) is 36.5 Å². The topological polar surface area (TPSA) is 68.1 Å². The summed E-state index contributed by atoms with van der Waals surface area (Å²) in [5.74, 6) is 0. The first kappa shape index (κ1) is 15.2. The number of sulfonamides is 1. The monoisotopic (exact) mass is 320 g/mol. The first-order valence-electron chi connectivity index (χ1n) is 7.44. The van der Waals surface area contributed by atoms with Crippen molar-refractivity contribution >= 4 is 10.0 Å². The molecule has 0 spiro atoms. The van der Waals surface area contributed by atoms with Crippen LogP contribution in [0.3, 0.4) is 0 Å². The highest BCUT2D eigenvalue weighted by molar-refractivity contribution is 7.89. The molecule has 0 radical (unpaired) electrons. The minimum absolute atomic E-state index is 0.0542. The Morgan fingerprint density at radius 2 is 1.95 bits per heavy atom. The van der Waals surface area contributed by atoms with Gasteiger partial charge < -0.3 is 0 Å². The van der Waals surface area contributed by atoms with Crippen molar-refractivity contribution in [2.24, 2.45) is 0 Å². The SMILES string of the molecule is CC(C)S(=O)(=O)N1CCC(n2cc(-c3ccccc3)nn2)C1. The summed E-state index contributed by atoms with van der Waals surface area (Å²) in [6.45, 7) is 4.45. The van der Waals surface area contributed by atoms with Gasteiger partial charge in [-0.2, -0.15) is 4.31 Å². The Morgan fingerprint density at radius 3 is 2.64 bits per heavy atom.